The molecule has 0 saturated carbocycles. The molecular weight excluding hydrogens is 455 g/mol. The van der Waals surface area contributed by atoms with Crippen LogP contribution in [0.15, 0.2) is 72.8 Å². The van der Waals surface area contributed by atoms with Gasteiger partial charge in [-0.3, -0.25) is 9.59 Å². The smallest absolute Gasteiger partial charge is 0.261 e. The fourth-order valence-corrected chi connectivity index (χ4v) is 4.03. The Labute approximate surface area is 213 Å². The minimum Gasteiger partial charge on any atom is -0.484 e. The molecule has 3 aromatic carbocycles. The third-order valence-electron chi connectivity index (χ3n) is 6.10. The normalized spacial score (nSPS) is 12.5. The summed E-state index contributed by atoms with van der Waals surface area (Å²) in [6, 6.07) is 20.6. The predicted molar refractivity (Wildman–Crippen MR) is 140 cm³/mol. The minimum absolute atomic E-state index is 0.0370. The van der Waals surface area contributed by atoms with Gasteiger partial charge in [-0.1, -0.05) is 55.5 Å². The first-order chi connectivity index (χ1) is 17.2. The molecule has 36 heavy (non-hydrogen) atoms. The highest BCUT2D eigenvalue weighted by Crippen LogP contribution is 2.19. The van der Waals surface area contributed by atoms with Crippen molar-refractivity contribution >= 4 is 11.8 Å². The molecule has 0 aliphatic heterocycles. The molecule has 0 radical (unpaired) electrons. The van der Waals surface area contributed by atoms with E-state index in [2.05, 4.69) is 5.32 Å². The average Bonchev–Trinajstić information content (AvgIpc) is 2.85. The van der Waals surface area contributed by atoms with Crippen LogP contribution >= 0.6 is 0 Å². The van der Waals surface area contributed by atoms with Crippen LogP contribution in [0.25, 0.3) is 0 Å². The Hall–Kier alpha value is -3.67. The van der Waals surface area contributed by atoms with Crippen LogP contribution in [0, 0.1) is 19.7 Å². The van der Waals surface area contributed by atoms with Crippen LogP contribution in [0.5, 0.6) is 5.75 Å². The second-order valence-corrected chi connectivity index (χ2v) is 9.28. The number of amides is 2. The van der Waals surface area contributed by atoms with Crippen molar-refractivity contribution in [2.75, 3.05) is 6.61 Å². The highest BCUT2D eigenvalue weighted by atomic mass is 19.1. The molecule has 3 rings (SSSR count). The van der Waals surface area contributed by atoms with E-state index < -0.39 is 6.04 Å². The van der Waals surface area contributed by atoms with Crippen molar-refractivity contribution < 1.29 is 18.7 Å². The molecule has 0 aliphatic carbocycles. The van der Waals surface area contributed by atoms with Crippen LogP contribution in [0.1, 0.15) is 42.5 Å². The van der Waals surface area contributed by atoms with Crippen molar-refractivity contribution in [1.29, 1.82) is 0 Å². The molecule has 1 N–H and O–H groups in total. The van der Waals surface area contributed by atoms with Gasteiger partial charge in [0.25, 0.3) is 5.91 Å². The maximum absolute atomic E-state index is 13.6. The number of carbonyl (C=O) groups excluding carboxylic acids is 2. The number of aryl methyl sites for hydroxylation is 2. The summed E-state index contributed by atoms with van der Waals surface area (Å²) < 4.78 is 19.4. The van der Waals surface area contributed by atoms with Gasteiger partial charge in [0, 0.05) is 19.0 Å². The number of nitrogens with zero attached hydrogens (tertiary/aromatic N) is 1. The monoisotopic (exact) mass is 490 g/mol. The number of halogens is 1. The fourth-order valence-electron chi connectivity index (χ4n) is 4.03. The molecule has 0 aliphatic rings. The molecule has 0 aromatic heterocycles. The van der Waals surface area contributed by atoms with E-state index in [1.807, 2.05) is 76.2 Å². The van der Waals surface area contributed by atoms with Crippen LogP contribution in [0.4, 0.5) is 4.39 Å². The van der Waals surface area contributed by atoms with Crippen molar-refractivity contribution in [3.63, 3.8) is 0 Å². The summed E-state index contributed by atoms with van der Waals surface area (Å²) in [5.74, 6) is -0.301. The number of nitrogens with one attached hydrogen (secondary N) is 1. The van der Waals surface area contributed by atoms with Gasteiger partial charge in [0.1, 0.15) is 17.6 Å². The molecule has 2 atom stereocenters. The molecular formula is C30H35FN2O3. The maximum Gasteiger partial charge on any atom is 0.261 e. The van der Waals surface area contributed by atoms with Crippen LogP contribution in [-0.4, -0.2) is 35.4 Å². The standard InChI is InChI=1S/C30H35FN2O3/c1-5-23(4)32-30(35)28(18-24-9-7-6-8-10-24)33(19-25-11-13-26(31)14-12-25)29(34)20-36-27-16-21(2)15-22(3)17-27/h6-17,23,28H,5,18-20H2,1-4H3,(H,32,35). The van der Waals surface area contributed by atoms with Gasteiger partial charge in [0.15, 0.2) is 6.61 Å². The lowest BCUT2D eigenvalue weighted by Crippen LogP contribution is -2.53. The van der Waals surface area contributed by atoms with Gasteiger partial charge in [0.05, 0.1) is 0 Å². The summed E-state index contributed by atoms with van der Waals surface area (Å²) in [6.45, 7) is 7.81. The zero-order valence-electron chi connectivity index (χ0n) is 21.5. The molecule has 3 aromatic rings. The van der Waals surface area contributed by atoms with Crippen LogP contribution in [-0.2, 0) is 22.6 Å². The second kappa shape index (κ2) is 12.9. The molecule has 0 heterocycles. The SMILES string of the molecule is CCC(C)NC(=O)C(Cc1ccccc1)N(Cc1ccc(F)cc1)C(=O)COc1cc(C)cc(C)c1. The summed E-state index contributed by atoms with van der Waals surface area (Å²) in [5.41, 5.74) is 3.74. The summed E-state index contributed by atoms with van der Waals surface area (Å²) in [5, 5.41) is 3.04. The van der Waals surface area contributed by atoms with E-state index in [9.17, 15) is 14.0 Å². The van der Waals surface area contributed by atoms with Crippen molar-refractivity contribution in [3.8, 4) is 5.75 Å². The highest BCUT2D eigenvalue weighted by molar-refractivity contribution is 5.88. The average molecular weight is 491 g/mol. The van der Waals surface area contributed by atoms with Crippen molar-refractivity contribution in [1.82, 2.24) is 10.2 Å². The Morgan fingerprint density at radius 3 is 2.19 bits per heavy atom. The third kappa shape index (κ3) is 7.94. The maximum atomic E-state index is 13.6. The van der Waals surface area contributed by atoms with Gasteiger partial charge in [-0.25, -0.2) is 4.39 Å². The number of hydrogen-bond donors (Lipinski definition) is 1. The lowest BCUT2D eigenvalue weighted by Gasteiger charge is -2.32. The molecule has 6 heteroatoms. The van der Waals surface area contributed by atoms with E-state index in [0.29, 0.717) is 12.2 Å². The number of carbonyl (C=O) groups is 2. The fraction of sp³-hybridized carbons (Fsp3) is 0.333. The molecule has 0 fully saturated rings. The van der Waals surface area contributed by atoms with Gasteiger partial charge in [-0.15, -0.1) is 0 Å². The molecule has 0 saturated heterocycles. The molecule has 0 bridgehead atoms. The van der Waals surface area contributed by atoms with E-state index in [4.69, 9.17) is 4.74 Å². The Balaban J connectivity index is 1.91. The lowest BCUT2D eigenvalue weighted by molar-refractivity contribution is -0.143. The van der Waals surface area contributed by atoms with Crippen molar-refractivity contribution in [2.24, 2.45) is 0 Å². The highest BCUT2D eigenvalue weighted by Gasteiger charge is 2.31. The molecule has 5 nitrogen and oxygen atoms in total. The summed E-state index contributed by atoms with van der Waals surface area (Å²) in [6.07, 6.45) is 1.12. The largest absolute Gasteiger partial charge is 0.484 e. The number of benzene rings is 3. The first-order valence-electron chi connectivity index (χ1n) is 12.3. The minimum atomic E-state index is -0.762. The number of hydrogen-bond acceptors (Lipinski definition) is 3. The van der Waals surface area contributed by atoms with Gasteiger partial charge in [-0.05, 0) is 73.7 Å². The van der Waals surface area contributed by atoms with Gasteiger partial charge in [0.2, 0.25) is 5.91 Å². The summed E-state index contributed by atoms with van der Waals surface area (Å²) in [4.78, 5) is 28.6. The number of rotatable bonds is 11. The zero-order chi connectivity index (χ0) is 26.1. The predicted octanol–water partition coefficient (Wildman–Crippen LogP) is 5.38. The van der Waals surface area contributed by atoms with E-state index in [-0.39, 0.29) is 36.8 Å². The van der Waals surface area contributed by atoms with E-state index in [1.54, 1.807) is 17.0 Å². The van der Waals surface area contributed by atoms with Crippen LogP contribution in [0.2, 0.25) is 0 Å². The van der Waals surface area contributed by atoms with E-state index in [1.165, 1.54) is 12.1 Å². The lowest BCUT2D eigenvalue weighted by atomic mass is 10.0. The molecule has 2 unspecified atom stereocenters. The Bertz CT molecular complexity index is 1130. The van der Waals surface area contributed by atoms with Crippen LogP contribution < -0.4 is 10.1 Å². The van der Waals surface area contributed by atoms with Gasteiger partial charge in [-0.2, -0.15) is 0 Å². The molecule has 0 spiro atoms. The summed E-state index contributed by atoms with van der Waals surface area (Å²) in [7, 11) is 0. The van der Waals surface area contributed by atoms with Gasteiger partial charge >= 0.3 is 0 Å². The third-order valence-corrected chi connectivity index (χ3v) is 6.10. The Kier molecular flexibility index (Phi) is 9.62. The van der Waals surface area contributed by atoms with Crippen molar-refractivity contribution in [3.05, 3.63) is 101 Å². The van der Waals surface area contributed by atoms with E-state index in [0.717, 1.165) is 28.7 Å². The first kappa shape index (κ1) is 26.9. The Morgan fingerprint density at radius 2 is 1.58 bits per heavy atom. The molecule has 190 valence electrons. The Morgan fingerprint density at radius 1 is 0.944 bits per heavy atom. The summed E-state index contributed by atoms with van der Waals surface area (Å²) >= 11 is 0. The topological polar surface area (TPSA) is 58.6 Å². The quantitative estimate of drug-likeness (QED) is 0.393. The van der Waals surface area contributed by atoms with Gasteiger partial charge < -0.3 is 15.0 Å². The first-order valence-corrected chi connectivity index (χ1v) is 12.3. The second-order valence-electron chi connectivity index (χ2n) is 9.28. The zero-order valence-corrected chi connectivity index (χ0v) is 21.5. The van der Waals surface area contributed by atoms with Crippen LogP contribution in [0.3, 0.4) is 0 Å². The number of ether oxygens (including phenoxy) is 1. The molecule has 2 amide bonds. The van der Waals surface area contributed by atoms with E-state index >= 15 is 0 Å². The van der Waals surface area contributed by atoms with Crippen molar-refractivity contribution in [2.45, 2.75) is 59.2 Å².